The number of aryl methyl sites for hydroxylation is 1. The Kier molecular flexibility index (Phi) is 6.64. The summed E-state index contributed by atoms with van der Waals surface area (Å²) >= 11 is 1.31. The maximum atomic E-state index is 11.9. The van der Waals surface area contributed by atoms with Crippen molar-refractivity contribution < 1.29 is 19.1 Å². The van der Waals surface area contributed by atoms with Gasteiger partial charge in [0.15, 0.2) is 12.3 Å². The van der Waals surface area contributed by atoms with Crippen LogP contribution in [0.4, 0.5) is 4.79 Å². The fraction of sp³-hybridized carbons (Fsp3) is 0.294. The number of carbonyl (C=O) groups is 3. The normalized spacial score (nSPS) is 10.2. The summed E-state index contributed by atoms with van der Waals surface area (Å²) in [6.45, 7) is 3.79. The largest absolute Gasteiger partial charge is 0.451 e. The Morgan fingerprint density at radius 1 is 1.20 bits per heavy atom. The Morgan fingerprint density at radius 3 is 2.60 bits per heavy atom. The zero-order valence-electron chi connectivity index (χ0n) is 14.0. The number of carbonyl (C=O) groups excluding carboxylic acids is 3. The summed E-state index contributed by atoms with van der Waals surface area (Å²) in [5.74, 6) is -1.41. The number of nitrogens with zero attached hydrogens (tertiary/aromatic N) is 1. The molecule has 132 valence electrons. The molecule has 0 radical (unpaired) electrons. The van der Waals surface area contributed by atoms with Gasteiger partial charge in [-0.25, -0.2) is 14.6 Å². The Hall–Kier alpha value is -2.74. The van der Waals surface area contributed by atoms with E-state index in [2.05, 4.69) is 15.6 Å². The molecule has 2 aromatic rings. The molecule has 25 heavy (non-hydrogen) atoms. The molecule has 1 aromatic heterocycles. The lowest BCUT2D eigenvalue weighted by Gasteiger charge is -2.05. The van der Waals surface area contributed by atoms with Crippen LogP contribution in [0.15, 0.2) is 29.6 Å². The second-order valence-corrected chi connectivity index (χ2v) is 6.14. The first kappa shape index (κ1) is 18.6. The molecule has 0 saturated heterocycles. The first-order valence-electron chi connectivity index (χ1n) is 7.77. The van der Waals surface area contributed by atoms with Crippen molar-refractivity contribution in [1.29, 1.82) is 0 Å². The third-order valence-corrected chi connectivity index (χ3v) is 4.03. The molecule has 0 unspecified atom stereocenters. The van der Waals surface area contributed by atoms with Crippen LogP contribution in [0.3, 0.4) is 0 Å². The molecular weight excluding hydrogens is 342 g/mol. The van der Waals surface area contributed by atoms with Crippen molar-refractivity contribution in [2.75, 3.05) is 13.2 Å². The second-order valence-electron chi connectivity index (χ2n) is 5.28. The van der Waals surface area contributed by atoms with Crippen molar-refractivity contribution in [3.8, 4) is 10.6 Å². The van der Waals surface area contributed by atoms with E-state index in [1.807, 2.05) is 38.1 Å². The molecular formula is C17H19N3O4S. The number of amides is 3. The summed E-state index contributed by atoms with van der Waals surface area (Å²) in [4.78, 5) is 39.0. The van der Waals surface area contributed by atoms with Crippen LogP contribution in [0.2, 0.25) is 0 Å². The summed E-state index contributed by atoms with van der Waals surface area (Å²) in [5, 5.41) is 6.82. The average Bonchev–Trinajstić information content (AvgIpc) is 3.08. The Morgan fingerprint density at radius 2 is 1.92 bits per heavy atom. The number of thiazole rings is 1. The predicted octanol–water partition coefficient (Wildman–Crippen LogP) is 2.51. The standard InChI is InChI=1S/C17H19N3O4S/c1-3-8-18-17(23)20-14(21)9-24-16(22)13-10-25-15(19-13)12-6-4-11(2)5-7-12/h4-7,10H,3,8-9H2,1-2H3,(H2,18,20,21,23). The number of imide groups is 1. The van der Waals surface area contributed by atoms with Crippen molar-refractivity contribution in [3.05, 3.63) is 40.9 Å². The zero-order chi connectivity index (χ0) is 18.2. The molecule has 0 aliphatic rings. The fourth-order valence-corrected chi connectivity index (χ4v) is 2.64. The summed E-state index contributed by atoms with van der Waals surface area (Å²) < 4.78 is 4.88. The molecule has 0 fully saturated rings. The molecule has 1 aromatic carbocycles. The minimum Gasteiger partial charge on any atom is -0.451 e. The molecule has 2 rings (SSSR count). The molecule has 1 heterocycles. The van der Waals surface area contributed by atoms with Gasteiger partial charge in [0.2, 0.25) is 0 Å². The molecule has 0 spiro atoms. The third-order valence-electron chi connectivity index (χ3n) is 3.13. The minimum atomic E-state index is -0.710. The van der Waals surface area contributed by atoms with Gasteiger partial charge in [-0.1, -0.05) is 36.8 Å². The molecule has 0 aliphatic heterocycles. The van der Waals surface area contributed by atoms with Crippen LogP contribution in [0.5, 0.6) is 0 Å². The van der Waals surface area contributed by atoms with E-state index < -0.39 is 24.5 Å². The highest BCUT2D eigenvalue weighted by Crippen LogP contribution is 2.24. The van der Waals surface area contributed by atoms with Crippen LogP contribution in [0, 0.1) is 6.92 Å². The molecule has 3 amide bonds. The van der Waals surface area contributed by atoms with E-state index in [4.69, 9.17) is 4.74 Å². The Bertz CT molecular complexity index is 756. The van der Waals surface area contributed by atoms with E-state index in [-0.39, 0.29) is 5.69 Å². The summed E-state index contributed by atoms with van der Waals surface area (Å²) in [5.41, 5.74) is 2.16. The molecule has 0 saturated carbocycles. The lowest BCUT2D eigenvalue weighted by atomic mass is 10.2. The van der Waals surface area contributed by atoms with Gasteiger partial charge < -0.3 is 10.1 Å². The quantitative estimate of drug-likeness (QED) is 0.771. The van der Waals surface area contributed by atoms with E-state index >= 15 is 0 Å². The molecule has 2 N–H and O–H groups in total. The Labute approximate surface area is 149 Å². The highest BCUT2D eigenvalue weighted by molar-refractivity contribution is 7.13. The Balaban J connectivity index is 1.86. The molecule has 0 atom stereocenters. The van der Waals surface area contributed by atoms with Gasteiger partial charge in [0.1, 0.15) is 5.01 Å². The van der Waals surface area contributed by atoms with Crippen LogP contribution in [0.1, 0.15) is 29.4 Å². The number of hydrogen-bond donors (Lipinski definition) is 2. The van der Waals surface area contributed by atoms with Gasteiger partial charge in [-0.15, -0.1) is 11.3 Å². The summed E-state index contributed by atoms with van der Waals surface area (Å²) in [6, 6.07) is 7.15. The first-order valence-corrected chi connectivity index (χ1v) is 8.65. The van der Waals surface area contributed by atoms with Gasteiger partial charge in [-0.2, -0.15) is 0 Å². The average molecular weight is 361 g/mol. The predicted molar refractivity (Wildman–Crippen MR) is 94.4 cm³/mol. The third kappa shape index (κ3) is 5.68. The van der Waals surface area contributed by atoms with E-state index in [0.29, 0.717) is 11.6 Å². The molecule has 8 heteroatoms. The van der Waals surface area contributed by atoms with Gasteiger partial charge in [-0.05, 0) is 13.3 Å². The maximum Gasteiger partial charge on any atom is 0.358 e. The number of urea groups is 1. The summed E-state index contributed by atoms with van der Waals surface area (Å²) in [7, 11) is 0. The molecule has 0 aliphatic carbocycles. The molecule has 7 nitrogen and oxygen atoms in total. The number of hydrogen-bond acceptors (Lipinski definition) is 6. The van der Waals surface area contributed by atoms with Crippen LogP contribution in [-0.4, -0.2) is 36.0 Å². The fourth-order valence-electron chi connectivity index (χ4n) is 1.85. The van der Waals surface area contributed by atoms with Crippen LogP contribution < -0.4 is 10.6 Å². The number of benzene rings is 1. The van der Waals surface area contributed by atoms with E-state index in [9.17, 15) is 14.4 Å². The van der Waals surface area contributed by atoms with Crippen LogP contribution in [0.25, 0.3) is 10.6 Å². The van der Waals surface area contributed by atoms with Gasteiger partial charge in [-0.3, -0.25) is 10.1 Å². The summed E-state index contributed by atoms with van der Waals surface area (Å²) in [6.07, 6.45) is 0.754. The van der Waals surface area contributed by atoms with Crippen molar-refractivity contribution in [2.45, 2.75) is 20.3 Å². The van der Waals surface area contributed by atoms with Gasteiger partial charge in [0.25, 0.3) is 5.91 Å². The van der Waals surface area contributed by atoms with Crippen molar-refractivity contribution >= 4 is 29.2 Å². The van der Waals surface area contributed by atoms with Gasteiger partial charge in [0.05, 0.1) is 0 Å². The number of rotatable bonds is 6. The highest BCUT2D eigenvalue weighted by Gasteiger charge is 2.15. The van der Waals surface area contributed by atoms with Gasteiger partial charge in [0, 0.05) is 17.5 Å². The second kappa shape index (κ2) is 8.93. The van der Waals surface area contributed by atoms with Crippen molar-refractivity contribution in [1.82, 2.24) is 15.6 Å². The van der Waals surface area contributed by atoms with Gasteiger partial charge >= 0.3 is 12.0 Å². The molecule has 0 bridgehead atoms. The van der Waals surface area contributed by atoms with Crippen molar-refractivity contribution in [2.24, 2.45) is 0 Å². The monoisotopic (exact) mass is 361 g/mol. The smallest absolute Gasteiger partial charge is 0.358 e. The lowest BCUT2D eigenvalue weighted by Crippen LogP contribution is -2.41. The van der Waals surface area contributed by atoms with E-state index in [1.54, 1.807) is 5.38 Å². The number of aromatic nitrogens is 1. The van der Waals surface area contributed by atoms with E-state index in [0.717, 1.165) is 17.5 Å². The van der Waals surface area contributed by atoms with Crippen LogP contribution >= 0.6 is 11.3 Å². The first-order chi connectivity index (χ1) is 12.0. The van der Waals surface area contributed by atoms with E-state index in [1.165, 1.54) is 11.3 Å². The van der Waals surface area contributed by atoms with Crippen LogP contribution in [-0.2, 0) is 9.53 Å². The zero-order valence-corrected chi connectivity index (χ0v) is 14.8. The topological polar surface area (TPSA) is 97.4 Å². The highest BCUT2D eigenvalue weighted by atomic mass is 32.1. The number of nitrogens with one attached hydrogen (secondary N) is 2. The number of ether oxygens (including phenoxy) is 1. The van der Waals surface area contributed by atoms with Crippen molar-refractivity contribution in [3.63, 3.8) is 0 Å². The maximum absolute atomic E-state index is 11.9. The minimum absolute atomic E-state index is 0.129. The SMILES string of the molecule is CCCNC(=O)NC(=O)COC(=O)c1csc(-c2ccc(C)cc2)n1. The number of esters is 1. The lowest BCUT2D eigenvalue weighted by molar-refractivity contribution is -0.123.